The Balaban J connectivity index is 2.02. The third kappa shape index (κ3) is 5.14. The number of nitrogens with one attached hydrogen (secondary N) is 1. The van der Waals surface area contributed by atoms with E-state index in [-0.39, 0.29) is 5.92 Å². The highest BCUT2D eigenvalue weighted by Gasteiger charge is 2.22. The van der Waals surface area contributed by atoms with Crippen LogP contribution in [0.3, 0.4) is 0 Å². The van der Waals surface area contributed by atoms with Gasteiger partial charge < -0.3 is 15.2 Å². The van der Waals surface area contributed by atoms with E-state index in [9.17, 15) is 4.79 Å². The molecule has 0 heterocycles. The van der Waals surface area contributed by atoms with Crippen LogP contribution >= 0.6 is 0 Å². The summed E-state index contributed by atoms with van der Waals surface area (Å²) < 4.78 is 5.41. The molecule has 0 aliphatic heterocycles. The number of carboxylic acid groups (broad SMARTS) is 1. The fourth-order valence-electron chi connectivity index (χ4n) is 1.43. The second-order valence-corrected chi connectivity index (χ2v) is 4.53. The standard InChI is InChI=1S/C11H21NO3/c1-8(2)10(11(13)14)12-5-6-15-7-9-3-4-9/h8-10,12H,3-7H2,1-2H3,(H,13,14). The van der Waals surface area contributed by atoms with Gasteiger partial charge in [0.25, 0.3) is 0 Å². The minimum absolute atomic E-state index is 0.103. The first kappa shape index (κ1) is 12.5. The van der Waals surface area contributed by atoms with Gasteiger partial charge in [0.15, 0.2) is 0 Å². The number of carbonyl (C=O) groups is 1. The molecule has 1 aliphatic carbocycles. The van der Waals surface area contributed by atoms with E-state index >= 15 is 0 Å². The molecule has 1 saturated carbocycles. The van der Waals surface area contributed by atoms with Crippen LogP contribution in [0.5, 0.6) is 0 Å². The zero-order chi connectivity index (χ0) is 11.3. The van der Waals surface area contributed by atoms with Crippen molar-refractivity contribution in [1.82, 2.24) is 5.32 Å². The number of hydrogen-bond acceptors (Lipinski definition) is 3. The maximum absolute atomic E-state index is 10.8. The number of aliphatic carboxylic acids is 1. The monoisotopic (exact) mass is 215 g/mol. The Kier molecular flexibility index (Phi) is 5.05. The van der Waals surface area contributed by atoms with Gasteiger partial charge in [-0.15, -0.1) is 0 Å². The van der Waals surface area contributed by atoms with Crippen molar-refractivity contribution in [3.8, 4) is 0 Å². The van der Waals surface area contributed by atoms with E-state index in [4.69, 9.17) is 9.84 Å². The first-order chi connectivity index (χ1) is 7.11. The Morgan fingerprint density at radius 3 is 2.67 bits per heavy atom. The second-order valence-electron chi connectivity index (χ2n) is 4.53. The third-order valence-electron chi connectivity index (χ3n) is 2.59. The van der Waals surface area contributed by atoms with Gasteiger partial charge >= 0.3 is 5.97 Å². The fraction of sp³-hybridized carbons (Fsp3) is 0.909. The molecule has 4 heteroatoms. The topological polar surface area (TPSA) is 58.6 Å². The van der Waals surface area contributed by atoms with Gasteiger partial charge in [0.1, 0.15) is 6.04 Å². The van der Waals surface area contributed by atoms with Crippen LogP contribution in [-0.4, -0.2) is 36.9 Å². The highest BCUT2D eigenvalue weighted by molar-refractivity contribution is 5.73. The van der Waals surface area contributed by atoms with E-state index in [1.54, 1.807) is 0 Å². The normalized spacial score (nSPS) is 18.1. The molecule has 0 radical (unpaired) electrons. The van der Waals surface area contributed by atoms with Crippen LogP contribution in [0.2, 0.25) is 0 Å². The lowest BCUT2D eigenvalue weighted by Crippen LogP contribution is -2.42. The molecule has 1 unspecified atom stereocenters. The zero-order valence-corrected chi connectivity index (χ0v) is 9.53. The van der Waals surface area contributed by atoms with Gasteiger partial charge in [-0.1, -0.05) is 13.8 Å². The van der Waals surface area contributed by atoms with E-state index < -0.39 is 12.0 Å². The summed E-state index contributed by atoms with van der Waals surface area (Å²) in [6.45, 7) is 5.85. The molecule has 1 fully saturated rings. The molecule has 1 aliphatic rings. The molecule has 15 heavy (non-hydrogen) atoms. The lowest BCUT2D eigenvalue weighted by atomic mass is 10.1. The second kappa shape index (κ2) is 6.08. The van der Waals surface area contributed by atoms with Gasteiger partial charge in [-0.05, 0) is 24.7 Å². The molecule has 0 saturated heterocycles. The number of rotatable bonds is 8. The maximum atomic E-state index is 10.8. The predicted octanol–water partition coefficient (Wildman–Crippen LogP) is 1.11. The Bertz CT molecular complexity index is 202. The highest BCUT2D eigenvalue weighted by Crippen LogP contribution is 2.28. The van der Waals surface area contributed by atoms with Crippen molar-refractivity contribution < 1.29 is 14.6 Å². The van der Waals surface area contributed by atoms with Gasteiger partial charge in [-0.3, -0.25) is 4.79 Å². The summed E-state index contributed by atoms with van der Waals surface area (Å²) in [5.41, 5.74) is 0. The van der Waals surface area contributed by atoms with Crippen LogP contribution in [-0.2, 0) is 9.53 Å². The Morgan fingerprint density at radius 1 is 1.53 bits per heavy atom. The largest absolute Gasteiger partial charge is 0.480 e. The molecule has 0 amide bonds. The first-order valence-corrected chi connectivity index (χ1v) is 5.65. The Morgan fingerprint density at radius 2 is 2.20 bits per heavy atom. The quantitative estimate of drug-likeness (QED) is 0.595. The summed E-state index contributed by atoms with van der Waals surface area (Å²) >= 11 is 0. The summed E-state index contributed by atoms with van der Waals surface area (Å²) in [7, 11) is 0. The van der Waals surface area contributed by atoms with Crippen LogP contribution in [0.25, 0.3) is 0 Å². The first-order valence-electron chi connectivity index (χ1n) is 5.65. The smallest absolute Gasteiger partial charge is 0.320 e. The molecule has 0 aromatic heterocycles. The average molecular weight is 215 g/mol. The van der Waals surface area contributed by atoms with Crippen molar-refractivity contribution in [1.29, 1.82) is 0 Å². The minimum Gasteiger partial charge on any atom is -0.480 e. The van der Waals surface area contributed by atoms with Gasteiger partial charge in [0, 0.05) is 13.2 Å². The van der Waals surface area contributed by atoms with Crippen molar-refractivity contribution in [2.45, 2.75) is 32.7 Å². The van der Waals surface area contributed by atoms with Crippen molar-refractivity contribution >= 4 is 5.97 Å². The highest BCUT2D eigenvalue weighted by atomic mass is 16.5. The molecule has 4 nitrogen and oxygen atoms in total. The van der Waals surface area contributed by atoms with Crippen molar-refractivity contribution in [2.75, 3.05) is 19.8 Å². The van der Waals surface area contributed by atoms with E-state index in [2.05, 4.69) is 5.32 Å². The lowest BCUT2D eigenvalue weighted by molar-refractivity contribution is -0.140. The molecular formula is C11H21NO3. The Hall–Kier alpha value is -0.610. The molecule has 0 aromatic rings. The molecule has 2 N–H and O–H groups in total. The molecule has 0 spiro atoms. The predicted molar refractivity (Wildman–Crippen MR) is 57.8 cm³/mol. The molecule has 1 rings (SSSR count). The average Bonchev–Trinajstić information content (AvgIpc) is 2.93. The zero-order valence-electron chi connectivity index (χ0n) is 9.53. The number of carboxylic acids is 1. The van der Waals surface area contributed by atoms with Crippen molar-refractivity contribution in [3.63, 3.8) is 0 Å². The molecule has 1 atom stereocenters. The third-order valence-corrected chi connectivity index (χ3v) is 2.59. The van der Waals surface area contributed by atoms with Gasteiger partial charge in [-0.25, -0.2) is 0 Å². The minimum atomic E-state index is -0.785. The summed E-state index contributed by atoms with van der Waals surface area (Å²) in [6.07, 6.45) is 2.58. The Labute approximate surface area is 91.0 Å². The summed E-state index contributed by atoms with van der Waals surface area (Å²) in [4.78, 5) is 10.8. The molecule has 0 aromatic carbocycles. The molecule has 88 valence electrons. The van der Waals surface area contributed by atoms with Crippen LogP contribution in [0.4, 0.5) is 0 Å². The van der Waals surface area contributed by atoms with E-state index in [1.165, 1.54) is 12.8 Å². The number of ether oxygens (including phenoxy) is 1. The van der Waals surface area contributed by atoms with Crippen LogP contribution < -0.4 is 5.32 Å². The van der Waals surface area contributed by atoms with Gasteiger partial charge in [0.2, 0.25) is 0 Å². The number of hydrogen-bond donors (Lipinski definition) is 2. The summed E-state index contributed by atoms with van der Waals surface area (Å²) in [5, 5.41) is 11.9. The lowest BCUT2D eigenvalue weighted by Gasteiger charge is -2.17. The van der Waals surface area contributed by atoms with Gasteiger partial charge in [0.05, 0.1) is 6.61 Å². The van der Waals surface area contributed by atoms with E-state index in [1.807, 2.05) is 13.8 Å². The van der Waals surface area contributed by atoms with Crippen LogP contribution in [0.1, 0.15) is 26.7 Å². The van der Waals surface area contributed by atoms with Gasteiger partial charge in [-0.2, -0.15) is 0 Å². The van der Waals surface area contributed by atoms with Crippen molar-refractivity contribution in [3.05, 3.63) is 0 Å². The fourth-order valence-corrected chi connectivity index (χ4v) is 1.43. The van der Waals surface area contributed by atoms with Crippen LogP contribution in [0.15, 0.2) is 0 Å². The van der Waals surface area contributed by atoms with Crippen LogP contribution in [0, 0.1) is 11.8 Å². The summed E-state index contributed by atoms with van der Waals surface area (Å²) in [5.74, 6) is 0.0866. The summed E-state index contributed by atoms with van der Waals surface area (Å²) in [6, 6.07) is -0.463. The molecule has 0 bridgehead atoms. The van der Waals surface area contributed by atoms with E-state index in [0.717, 1.165) is 12.5 Å². The SMILES string of the molecule is CC(C)C(NCCOCC1CC1)C(=O)O. The molecular weight excluding hydrogens is 194 g/mol. The maximum Gasteiger partial charge on any atom is 0.320 e. The van der Waals surface area contributed by atoms with E-state index in [0.29, 0.717) is 13.2 Å². The van der Waals surface area contributed by atoms with Crippen molar-refractivity contribution in [2.24, 2.45) is 11.8 Å².